The van der Waals surface area contributed by atoms with Crippen molar-refractivity contribution in [2.75, 3.05) is 59.0 Å². The Morgan fingerprint density at radius 1 is 1.09 bits per heavy atom. The van der Waals surface area contributed by atoms with Gasteiger partial charge >= 0.3 is 0 Å². The first-order valence-corrected chi connectivity index (χ1v) is 11.9. The Kier molecular flexibility index (Phi) is 9.32. The number of aliphatic hydroxyl groups is 1. The molecule has 1 unspecified atom stereocenters. The van der Waals surface area contributed by atoms with Gasteiger partial charge in [0.25, 0.3) is 5.91 Å². The normalized spacial score (nSPS) is 20.0. The highest BCUT2D eigenvalue weighted by molar-refractivity contribution is 5.94. The van der Waals surface area contributed by atoms with Crippen molar-refractivity contribution < 1.29 is 14.6 Å². The number of carbonyl (C=O) groups is 1. The van der Waals surface area contributed by atoms with Gasteiger partial charge in [-0.3, -0.25) is 9.69 Å². The van der Waals surface area contributed by atoms with Gasteiger partial charge in [0.15, 0.2) is 5.96 Å². The maximum atomic E-state index is 12.6. The highest BCUT2D eigenvalue weighted by Crippen LogP contribution is 2.14. The minimum Gasteiger partial charge on any atom is -0.387 e. The van der Waals surface area contributed by atoms with Gasteiger partial charge in [0.1, 0.15) is 0 Å². The first-order valence-electron chi connectivity index (χ1n) is 11.9. The molecule has 2 saturated heterocycles. The molecule has 8 heteroatoms. The van der Waals surface area contributed by atoms with Crippen molar-refractivity contribution in [2.24, 2.45) is 4.99 Å². The molecular weight excluding hydrogens is 406 g/mol. The highest BCUT2D eigenvalue weighted by Gasteiger charge is 2.25. The Balaban J connectivity index is 1.51. The molecule has 32 heavy (non-hydrogen) atoms. The predicted octanol–water partition coefficient (Wildman–Crippen LogP) is 1.45. The third-order valence-electron chi connectivity index (χ3n) is 5.91. The molecule has 0 aliphatic carbocycles. The molecule has 1 amide bonds. The maximum Gasteiger partial charge on any atom is 0.253 e. The largest absolute Gasteiger partial charge is 0.387 e. The van der Waals surface area contributed by atoms with E-state index in [0.29, 0.717) is 25.6 Å². The smallest absolute Gasteiger partial charge is 0.253 e. The molecule has 1 atom stereocenters. The summed E-state index contributed by atoms with van der Waals surface area (Å²) in [6.07, 6.45) is 3.40. The summed E-state index contributed by atoms with van der Waals surface area (Å²) >= 11 is 0. The summed E-state index contributed by atoms with van der Waals surface area (Å²) in [6.45, 7) is 10.9. The molecule has 2 heterocycles. The van der Waals surface area contributed by atoms with Crippen molar-refractivity contribution in [3.8, 4) is 0 Å². The van der Waals surface area contributed by atoms with E-state index in [1.165, 1.54) is 6.42 Å². The number of aliphatic imine (C=N–C) groups is 1. The lowest BCUT2D eigenvalue weighted by atomic mass is 10.1. The lowest BCUT2D eigenvalue weighted by Crippen LogP contribution is -2.52. The third-order valence-corrected chi connectivity index (χ3v) is 5.91. The number of piperidine rings is 1. The zero-order valence-electron chi connectivity index (χ0n) is 19.6. The molecule has 8 nitrogen and oxygen atoms in total. The van der Waals surface area contributed by atoms with Gasteiger partial charge in [-0.25, -0.2) is 4.99 Å². The van der Waals surface area contributed by atoms with Gasteiger partial charge in [0.05, 0.1) is 25.4 Å². The van der Waals surface area contributed by atoms with Gasteiger partial charge in [-0.15, -0.1) is 0 Å². The Labute approximate surface area is 192 Å². The number of hydrogen-bond donors (Lipinski definition) is 3. The van der Waals surface area contributed by atoms with Crippen LogP contribution in [0.4, 0.5) is 0 Å². The molecule has 3 rings (SSSR count). The number of morpholine rings is 1. The number of benzene rings is 1. The summed E-state index contributed by atoms with van der Waals surface area (Å²) in [7, 11) is 0. The van der Waals surface area contributed by atoms with Crippen LogP contribution in [0.3, 0.4) is 0 Å². The second kappa shape index (κ2) is 12.2. The maximum absolute atomic E-state index is 12.6. The van der Waals surface area contributed by atoms with E-state index in [-0.39, 0.29) is 5.91 Å². The first kappa shape index (κ1) is 24.5. The molecule has 0 saturated carbocycles. The Morgan fingerprint density at radius 2 is 1.78 bits per heavy atom. The minimum absolute atomic E-state index is 0.122. The van der Waals surface area contributed by atoms with Gasteiger partial charge in [-0.2, -0.15) is 0 Å². The lowest BCUT2D eigenvalue weighted by Gasteiger charge is -2.34. The fraction of sp³-hybridized carbons (Fsp3) is 0.667. The van der Waals surface area contributed by atoms with Crippen LogP contribution in [0.2, 0.25) is 0 Å². The average Bonchev–Trinajstić information content (AvgIpc) is 2.82. The number of rotatable bonds is 8. The lowest BCUT2D eigenvalue weighted by molar-refractivity contribution is -0.0201. The molecule has 1 aromatic rings. The first-order chi connectivity index (χ1) is 15.5. The van der Waals surface area contributed by atoms with Crippen LogP contribution in [0.25, 0.3) is 0 Å². The summed E-state index contributed by atoms with van der Waals surface area (Å²) in [5, 5.41) is 17.3. The molecule has 3 N–H and O–H groups in total. The quantitative estimate of drug-likeness (QED) is 0.415. The van der Waals surface area contributed by atoms with E-state index in [2.05, 4.69) is 20.5 Å². The molecule has 2 fully saturated rings. The van der Waals surface area contributed by atoms with E-state index in [1.54, 1.807) is 0 Å². The summed E-state index contributed by atoms with van der Waals surface area (Å²) in [5.74, 6) is 0.792. The standard InChI is InChI=1S/C24H39N5O3/c1-3-25-23(27-18-24(2,31)19-28-13-15-32-16-14-28)26-17-20-7-9-21(10-8-20)22(30)29-11-5-4-6-12-29/h7-10,31H,3-6,11-19H2,1-2H3,(H2,25,26,27). The van der Waals surface area contributed by atoms with Crippen LogP contribution in [0.15, 0.2) is 29.3 Å². The van der Waals surface area contributed by atoms with Crippen LogP contribution in [-0.2, 0) is 11.3 Å². The number of ether oxygens (including phenoxy) is 1. The van der Waals surface area contributed by atoms with Gasteiger partial charge in [-0.05, 0) is 50.8 Å². The van der Waals surface area contributed by atoms with E-state index in [9.17, 15) is 9.90 Å². The molecule has 178 valence electrons. The van der Waals surface area contributed by atoms with Crippen molar-refractivity contribution in [1.82, 2.24) is 20.4 Å². The number of guanidine groups is 1. The van der Waals surface area contributed by atoms with Crippen LogP contribution in [0.5, 0.6) is 0 Å². The Hall–Kier alpha value is -2.16. The number of nitrogens with one attached hydrogen (secondary N) is 2. The van der Waals surface area contributed by atoms with Crippen LogP contribution >= 0.6 is 0 Å². The summed E-state index contributed by atoms with van der Waals surface area (Å²) in [4.78, 5) is 21.5. The Morgan fingerprint density at radius 3 is 2.44 bits per heavy atom. The van der Waals surface area contributed by atoms with Gasteiger partial charge in [0, 0.05) is 51.4 Å². The number of hydrogen-bond acceptors (Lipinski definition) is 5. The molecule has 0 bridgehead atoms. The summed E-state index contributed by atoms with van der Waals surface area (Å²) in [6, 6.07) is 7.74. The molecule has 0 spiro atoms. The fourth-order valence-corrected chi connectivity index (χ4v) is 4.12. The van der Waals surface area contributed by atoms with E-state index >= 15 is 0 Å². The molecular formula is C24H39N5O3. The topological polar surface area (TPSA) is 89.4 Å². The SMILES string of the molecule is CCNC(=NCc1ccc(C(=O)N2CCCCC2)cc1)NCC(C)(O)CN1CCOCC1. The monoisotopic (exact) mass is 445 g/mol. The number of likely N-dealkylation sites (tertiary alicyclic amines) is 1. The number of nitrogens with zero attached hydrogens (tertiary/aromatic N) is 3. The van der Waals surface area contributed by atoms with Crippen molar-refractivity contribution in [3.63, 3.8) is 0 Å². The molecule has 0 radical (unpaired) electrons. The van der Waals surface area contributed by atoms with Gasteiger partial charge in [0.2, 0.25) is 0 Å². The van der Waals surface area contributed by atoms with Crippen molar-refractivity contribution in [3.05, 3.63) is 35.4 Å². The predicted molar refractivity (Wildman–Crippen MR) is 127 cm³/mol. The fourth-order valence-electron chi connectivity index (χ4n) is 4.12. The van der Waals surface area contributed by atoms with Gasteiger partial charge in [-0.1, -0.05) is 12.1 Å². The molecule has 0 aromatic heterocycles. The van der Waals surface area contributed by atoms with E-state index < -0.39 is 5.60 Å². The summed E-state index contributed by atoms with van der Waals surface area (Å²) in [5.41, 5.74) is 0.908. The van der Waals surface area contributed by atoms with Gasteiger partial charge < -0.3 is 25.4 Å². The van der Waals surface area contributed by atoms with Crippen molar-refractivity contribution >= 4 is 11.9 Å². The second-order valence-electron chi connectivity index (χ2n) is 8.98. The van der Waals surface area contributed by atoms with Crippen LogP contribution in [0, 0.1) is 0 Å². The second-order valence-corrected chi connectivity index (χ2v) is 8.98. The highest BCUT2D eigenvalue weighted by atomic mass is 16.5. The zero-order valence-corrected chi connectivity index (χ0v) is 19.6. The third kappa shape index (κ3) is 7.76. The van der Waals surface area contributed by atoms with Crippen molar-refractivity contribution in [2.45, 2.75) is 45.3 Å². The number of carbonyl (C=O) groups excluding carboxylic acids is 1. The zero-order chi connectivity index (χ0) is 22.8. The van der Waals surface area contributed by atoms with Crippen LogP contribution < -0.4 is 10.6 Å². The Bertz CT molecular complexity index is 739. The number of β-amino-alcohol motifs (C(OH)–C–C–N with tert-alkyl or cyclic N) is 1. The number of amides is 1. The molecule has 1 aromatic carbocycles. The van der Waals surface area contributed by atoms with Crippen LogP contribution in [0.1, 0.15) is 49.0 Å². The molecule has 2 aliphatic rings. The molecule has 2 aliphatic heterocycles. The minimum atomic E-state index is -0.871. The van der Waals surface area contributed by atoms with E-state index in [1.807, 2.05) is 43.0 Å². The average molecular weight is 446 g/mol. The van der Waals surface area contributed by atoms with Crippen LogP contribution in [-0.4, -0.2) is 91.4 Å². The van der Waals surface area contributed by atoms with E-state index in [4.69, 9.17) is 4.74 Å². The summed E-state index contributed by atoms with van der Waals surface area (Å²) < 4.78 is 5.38. The van der Waals surface area contributed by atoms with E-state index in [0.717, 1.165) is 69.9 Å². The van der Waals surface area contributed by atoms with Crippen molar-refractivity contribution in [1.29, 1.82) is 0 Å².